The molecule has 0 unspecified atom stereocenters. The second-order valence-electron chi connectivity index (χ2n) is 11.3. The van der Waals surface area contributed by atoms with Crippen molar-refractivity contribution in [3.63, 3.8) is 0 Å². The molecule has 1 aromatic rings. The van der Waals surface area contributed by atoms with E-state index in [1.165, 1.54) is 6.92 Å². The molecule has 0 bridgehead atoms. The fraction of sp³-hybridized carbons (Fsp3) is 0.655. The summed E-state index contributed by atoms with van der Waals surface area (Å²) in [5, 5.41) is 20.2. The van der Waals surface area contributed by atoms with E-state index >= 15 is 0 Å². The molecule has 0 aromatic carbocycles. The van der Waals surface area contributed by atoms with Crippen molar-refractivity contribution in [2.45, 2.75) is 92.6 Å². The van der Waals surface area contributed by atoms with Crippen molar-refractivity contribution in [1.29, 1.82) is 0 Å². The van der Waals surface area contributed by atoms with Crippen LogP contribution < -0.4 is 5.63 Å². The molecule has 0 saturated heterocycles. The summed E-state index contributed by atoms with van der Waals surface area (Å²) in [7, 11) is 0. The number of aryl methyl sites for hydroxylation is 1. The molecule has 2 aliphatic carbocycles. The molecule has 1 heterocycles. The van der Waals surface area contributed by atoms with E-state index in [1.54, 1.807) is 13.8 Å². The van der Waals surface area contributed by atoms with E-state index in [2.05, 4.69) is 26.5 Å². The van der Waals surface area contributed by atoms with Crippen molar-refractivity contribution in [3.05, 3.63) is 51.1 Å². The van der Waals surface area contributed by atoms with Crippen molar-refractivity contribution in [3.8, 4) is 5.75 Å². The third-order valence-electron chi connectivity index (χ3n) is 9.12. The van der Waals surface area contributed by atoms with Crippen LogP contribution in [0.1, 0.15) is 83.1 Å². The highest BCUT2D eigenvalue weighted by Crippen LogP contribution is 2.63. The predicted molar refractivity (Wildman–Crippen MR) is 136 cm³/mol. The van der Waals surface area contributed by atoms with E-state index in [1.807, 2.05) is 6.92 Å². The van der Waals surface area contributed by atoms with Crippen LogP contribution in [0.4, 0.5) is 0 Å². The van der Waals surface area contributed by atoms with Gasteiger partial charge < -0.3 is 19.4 Å². The molecule has 194 valence electrons. The van der Waals surface area contributed by atoms with Gasteiger partial charge in [-0.25, -0.2) is 4.79 Å². The number of esters is 1. The lowest BCUT2D eigenvalue weighted by atomic mass is 9.45. The molecular formula is C29H42O6. The first-order valence-electron chi connectivity index (χ1n) is 12.8. The third kappa shape index (κ3) is 5.13. The highest BCUT2D eigenvalue weighted by atomic mass is 16.5. The van der Waals surface area contributed by atoms with Gasteiger partial charge >= 0.3 is 11.6 Å². The summed E-state index contributed by atoms with van der Waals surface area (Å²) in [6.07, 6.45) is 7.25. The van der Waals surface area contributed by atoms with Crippen LogP contribution in [0.5, 0.6) is 5.75 Å². The molecule has 0 spiro atoms. The van der Waals surface area contributed by atoms with Gasteiger partial charge in [-0.15, -0.1) is 0 Å². The maximum atomic E-state index is 12.8. The van der Waals surface area contributed by atoms with E-state index in [0.717, 1.165) is 49.7 Å². The third-order valence-corrected chi connectivity index (χ3v) is 9.12. The Morgan fingerprint density at radius 2 is 1.94 bits per heavy atom. The Morgan fingerprint density at radius 3 is 2.57 bits per heavy atom. The molecule has 0 amide bonds. The highest BCUT2D eigenvalue weighted by molar-refractivity contribution is 5.66. The van der Waals surface area contributed by atoms with Gasteiger partial charge in [0.2, 0.25) is 0 Å². The number of aliphatic hydroxyl groups is 1. The molecule has 2 saturated carbocycles. The minimum atomic E-state index is -0.481. The standard InChI is InChI=1S/C29H42O6/c1-17(16-30)9-8-13-29(7)24-11-10-18(2)23(28(24,6)14-12-25(29)35-21(5)31)15-22-26(32)19(3)20(4)34-27(22)33/h9,23-25,30,32H,2,8,10-16H2,1,3-7H3/b17-9-/t23-,24-,25+,28-,29+/m1/s1. The highest BCUT2D eigenvalue weighted by Gasteiger charge is 2.58. The van der Waals surface area contributed by atoms with Gasteiger partial charge in [-0.1, -0.05) is 37.6 Å². The van der Waals surface area contributed by atoms with Crippen molar-refractivity contribution in [2.24, 2.45) is 22.7 Å². The first kappa shape index (κ1) is 27.3. The fourth-order valence-corrected chi connectivity index (χ4v) is 6.92. The molecule has 35 heavy (non-hydrogen) atoms. The number of hydrogen-bond donors (Lipinski definition) is 2. The smallest absolute Gasteiger partial charge is 0.342 e. The Kier molecular flexibility index (Phi) is 8.05. The normalized spacial score (nSPS) is 31.2. The number of carbonyl (C=O) groups excluding carboxylic acids is 1. The van der Waals surface area contributed by atoms with E-state index in [-0.39, 0.29) is 47.1 Å². The van der Waals surface area contributed by atoms with Crippen LogP contribution in [0, 0.1) is 36.5 Å². The Morgan fingerprint density at radius 1 is 1.26 bits per heavy atom. The molecule has 3 rings (SSSR count). The van der Waals surface area contributed by atoms with Gasteiger partial charge in [0, 0.05) is 17.9 Å². The van der Waals surface area contributed by atoms with Crippen molar-refractivity contribution in [1.82, 2.24) is 0 Å². The van der Waals surface area contributed by atoms with E-state index in [4.69, 9.17) is 9.15 Å². The zero-order chi connectivity index (χ0) is 26.1. The van der Waals surface area contributed by atoms with E-state index in [0.29, 0.717) is 23.3 Å². The lowest BCUT2D eigenvalue weighted by molar-refractivity contribution is -0.178. The van der Waals surface area contributed by atoms with Crippen LogP contribution >= 0.6 is 0 Å². The van der Waals surface area contributed by atoms with Crippen LogP contribution in [0.25, 0.3) is 0 Å². The largest absolute Gasteiger partial charge is 0.507 e. The molecule has 6 heteroatoms. The first-order valence-corrected chi connectivity index (χ1v) is 12.8. The molecule has 0 radical (unpaired) electrons. The maximum Gasteiger partial charge on any atom is 0.342 e. The van der Waals surface area contributed by atoms with E-state index < -0.39 is 5.63 Å². The maximum absolute atomic E-state index is 12.8. The van der Waals surface area contributed by atoms with Crippen LogP contribution in [-0.4, -0.2) is 28.9 Å². The van der Waals surface area contributed by atoms with Crippen LogP contribution in [-0.2, 0) is 16.0 Å². The minimum absolute atomic E-state index is 0.00415. The average Bonchev–Trinajstić information content (AvgIpc) is 2.78. The van der Waals surface area contributed by atoms with Gasteiger partial charge in [0.05, 0.1) is 12.2 Å². The number of ether oxygens (including phenoxy) is 1. The lowest BCUT2D eigenvalue weighted by Gasteiger charge is -2.61. The van der Waals surface area contributed by atoms with Crippen LogP contribution in [0.2, 0.25) is 0 Å². The van der Waals surface area contributed by atoms with Crippen molar-refractivity contribution in [2.75, 3.05) is 6.61 Å². The van der Waals surface area contributed by atoms with Gasteiger partial charge in [0.1, 0.15) is 17.6 Å². The molecular weight excluding hydrogens is 444 g/mol. The number of aliphatic hydroxyl groups excluding tert-OH is 1. The van der Waals surface area contributed by atoms with E-state index in [9.17, 15) is 19.8 Å². The fourth-order valence-electron chi connectivity index (χ4n) is 6.92. The molecule has 2 N–H and O–H groups in total. The Bertz CT molecular complexity index is 1070. The minimum Gasteiger partial charge on any atom is -0.507 e. The molecule has 6 nitrogen and oxygen atoms in total. The van der Waals surface area contributed by atoms with Crippen molar-refractivity contribution < 1.29 is 24.2 Å². The number of allylic oxidation sites excluding steroid dienone is 2. The van der Waals surface area contributed by atoms with Gasteiger partial charge in [-0.2, -0.15) is 0 Å². The molecule has 1 aromatic heterocycles. The number of aromatic hydroxyl groups is 1. The van der Waals surface area contributed by atoms with Gasteiger partial charge in [-0.3, -0.25) is 4.79 Å². The second-order valence-corrected chi connectivity index (χ2v) is 11.3. The van der Waals surface area contributed by atoms with Crippen LogP contribution in [0.3, 0.4) is 0 Å². The number of carbonyl (C=O) groups is 1. The van der Waals surface area contributed by atoms with Crippen LogP contribution in [0.15, 0.2) is 33.0 Å². The van der Waals surface area contributed by atoms with Crippen molar-refractivity contribution >= 4 is 5.97 Å². The van der Waals surface area contributed by atoms with Gasteiger partial charge in [0.25, 0.3) is 0 Å². The van der Waals surface area contributed by atoms with Gasteiger partial charge in [0.15, 0.2) is 0 Å². The summed E-state index contributed by atoms with van der Waals surface area (Å²) in [5.74, 6) is 0.444. The molecule has 5 atom stereocenters. The lowest BCUT2D eigenvalue weighted by Crippen LogP contribution is -2.57. The zero-order valence-electron chi connectivity index (χ0n) is 22.2. The summed E-state index contributed by atoms with van der Waals surface area (Å²) >= 11 is 0. The van der Waals surface area contributed by atoms with Gasteiger partial charge in [-0.05, 0) is 83.0 Å². The monoisotopic (exact) mass is 486 g/mol. The number of rotatable bonds is 7. The quantitative estimate of drug-likeness (QED) is 0.388. The summed E-state index contributed by atoms with van der Waals surface area (Å²) in [6, 6.07) is 0. The number of hydrogen-bond acceptors (Lipinski definition) is 6. The second kappa shape index (κ2) is 10.3. The summed E-state index contributed by atoms with van der Waals surface area (Å²) in [5.41, 5.74) is 2.04. The Labute approximate surface area is 209 Å². The topological polar surface area (TPSA) is 97.0 Å². The SMILES string of the molecule is C=C1CC[C@H]2[C@](C)(CC/C=C(/C)CO)[C@@H](OC(C)=O)CC[C@]2(C)[C@@H]1Cc1c(O)c(C)c(C)oc1=O. The zero-order valence-corrected chi connectivity index (χ0v) is 22.2. The summed E-state index contributed by atoms with van der Waals surface area (Å²) in [6.45, 7) is 15.8. The summed E-state index contributed by atoms with van der Waals surface area (Å²) < 4.78 is 11.3. The molecule has 2 aliphatic rings. The molecule has 2 fully saturated rings. The summed E-state index contributed by atoms with van der Waals surface area (Å²) in [4.78, 5) is 24.8. The average molecular weight is 487 g/mol. The Balaban J connectivity index is 2.01. The predicted octanol–water partition coefficient (Wildman–Crippen LogP) is 5.54. The Hall–Kier alpha value is -2.34. The number of fused-ring (bicyclic) bond motifs is 1. The molecule has 0 aliphatic heterocycles. The first-order chi connectivity index (χ1) is 16.3.